The van der Waals surface area contributed by atoms with Crippen LogP contribution in [-0.4, -0.2) is 84.2 Å². The third-order valence-corrected chi connectivity index (χ3v) is 4.28. The highest BCUT2D eigenvalue weighted by atomic mass is 127. The zero-order valence-corrected chi connectivity index (χ0v) is 19.0. The maximum atomic E-state index is 5.49. The van der Waals surface area contributed by atoms with Crippen molar-refractivity contribution in [3.63, 3.8) is 0 Å². The van der Waals surface area contributed by atoms with Crippen molar-refractivity contribution >= 4 is 35.6 Å². The summed E-state index contributed by atoms with van der Waals surface area (Å²) in [5, 5.41) is 3.38. The van der Waals surface area contributed by atoms with E-state index < -0.39 is 0 Å². The normalized spacial score (nSPS) is 14.7. The van der Waals surface area contributed by atoms with E-state index in [0.717, 1.165) is 44.4 Å². The second kappa shape index (κ2) is 13.8. The molecule has 1 aromatic rings. The number of rotatable bonds is 9. The molecule has 154 valence electrons. The van der Waals surface area contributed by atoms with Gasteiger partial charge in [0, 0.05) is 45.5 Å². The Labute approximate surface area is 180 Å². The third-order valence-electron chi connectivity index (χ3n) is 4.28. The molecule has 1 aliphatic rings. The lowest BCUT2D eigenvalue weighted by Gasteiger charge is -2.37. The number of benzene rings is 1. The van der Waals surface area contributed by atoms with E-state index in [-0.39, 0.29) is 24.0 Å². The minimum Gasteiger partial charge on any atom is -0.497 e. The predicted octanol–water partition coefficient (Wildman–Crippen LogP) is 2.06. The van der Waals surface area contributed by atoms with Crippen LogP contribution in [0.3, 0.4) is 0 Å². The van der Waals surface area contributed by atoms with Gasteiger partial charge in [0.1, 0.15) is 5.75 Å². The summed E-state index contributed by atoms with van der Waals surface area (Å²) in [6.07, 6.45) is 0. The van der Waals surface area contributed by atoms with Crippen molar-refractivity contribution in [3.05, 3.63) is 24.3 Å². The van der Waals surface area contributed by atoms with Gasteiger partial charge in [-0.3, -0.25) is 4.99 Å². The molecule has 7 nitrogen and oxygen atoms in total. The summed E-state index contributed by atoms with van der Waals surface area (Å²) in [7, 11) is 3.37. The molecule has 0 radical (unpaired) electrons. The highest BCUT2D eigenvalue weighted by Gasteiger charge is 2.19. The van der Waals surface area contributed by atoms with Crippen LogP contribution in [0.4, 0.5) is 5.69 Å². The number of methoxy groups -OCH3 is 2. The van der Waals surface area contributed by atoms with Crippen molar-refractivity contribution in [1.29, 1.82) is 0 Å². The van der Waals surface area contributed by atoms with Crippen LogP contribution in [0.25, 0.3) is 0 Å². The topological polar surface area (TPSA) is 58.6 Å². The van der Waals surface area contributed by atoms with Crippen LogP contribution in [0.5, 0.6) is 5.75 Å². The molecule has 1 fully saturated rings. The van der Waals surface area contributed by atoms with Gasteiger partial charge < -0.3 is 29.3 Å². The summed E-state index contributed by atoms with van der Waals surface area (Å²) in [5.74, 6) is 1.86. The summed E-state index contributed by atoms with van der Waals surface area (Å²) in [5.41, 5.74) is 1.24. The molecule has 0 spiro atoms. The molecular formula is C19H33IN4O3. The Morgan fingerprint density at radius 3 is 2.33 bits per heavy atom. The molecule has 1 aliphatic heterocycles. The van der Waals surface area contributed by atoms with E-state index in [1.807, 2.05) is 12.1 Å². The first kappa shape index (κ1) is 23.8. The number of ether oxygens (including phenoxy) is 3. The molecule has 1 aromatic carbocycles. The Kier molecular flexibility index (Phi) is 12.2. The quantitative estimate of drug-likeness (QED) is 0.247. The number of guanidine groups is 1. The SMILES string of the molecule is CCNC(=NCCOCCOC)N1CCN(c2ccc(OC)cc2)CC1.I. The molecule has 1 saturated heterocycles. The standard InChI is InChI=1S/C19H32N4O3.HI/c1-4-20-19(21-9-14-26-16-15-24-2)23-12-10-22(11-13-23)17-5-7-18(25-3)8-6-17;/h5-8H,4,9-16H2,1-3H3,(H,20,21);1H. The van der Waals surface area contributed by atoms with Gasteiger partial charge in [-0.15, -0.1) is 24.0 Å². The van der Waals surface area contributed by atoms with E-state index in [9.17, 15) is 0 Å². The van der Waals surface area contributed by atoms with Crippen LogP contribution in [0.15, 0.2) is 29.3 Å². The molecule has 1 N–H and O–H groups in total. The zero-order valence-electron chi connectivity index (χ0n) is 16.6. The average Bonchev–Trinajstić information content (AvgIpc) is 2.70. The van der Waals surface area contributed by atoms with Gasteiger partial charge >= 0.3 is 0 Å². The largest absolute Gasteiger partial charge is 0.497 e. The van der Waals surface area contributed by atoms with E-state index in [4.69, 9.17) is 14.2 Å². The van der Waals surface area contributed by atoms with E-state index in [1.165, 1.54) is 5.69 Å². The number of piperazine rings is 1. The molecule has 0 atom stereocenters. The lowest BCUT2D eigenvalue weighted by atomic mass is 10.2. The molecule has 1 heterocycles. The molecule has 0 bridgehead atoms. The van der Waals surface area contributed by atoms with Gasteiger partial charge in [-0.2, -0.15) is 0 Å². The van der Waals surface area contributed by atoms with Gasteiger partial charge in [-0.1, -0.05) is 0 Å². The van der Waals surface area contributed by atoms with Crippen LogP contribution in [0, 0.1) is 0 Å². The number of nitrogens with zero attached hydrogens (tertiary/aromatic N) is 3. The minimum absolute atomic E-state index is 0. The van der Waals surface area contributed by atoms with Crippen molar-refractivity contribution in [2.24, 2.45) is 4.99 Å². The van der Waals surface area contributed by atoms with Crippen molar-refractivity contribution < 1.29 is 14.2 Å². The molecule has 0 aliphatic carbocycles. The number of halogens is 1. The fourth-order valence-electron chi connectivity index (χ4n) is 2.86. The van der Waals surface area contributed by atoms with Gasteiger partial charge in [0.15, 0.2) is 5.96 Å². The van der Waals surface area contributed by atoms with Crippen molar-refractivity contribution in [2.45, 2.75) is 6.92 Å². The fourth-order valence-corrected chi connectivity index (χ4v) is 2.86. The number of hydrogen-bond acceptors (Lipinski definition) is 5. The number of nitrogens with one attached hydrogen (secondary N) is 1. The first-order valence-corrected chi connectivity index (χ1v) is 9.27. The first-order chi connectivity index (χ1) is 12.8. The van der Waals surface area contributed by atoms with Crippen molar-refractivity contribution in [2.75, 3.05) is 78.2 Å². The smallest absolute Gasteiger partial charge is 0.194 e. The molecule has 2 rings (SSSR count). The Bertz CT molecular complexity index is 534. The Hall–Kier alpha value is -1.26. The van der Waals surface area contributed by atoms with Gasteiger partial charge in [-0.05, 0) is 31.2 Å². The third kappa shape index (κ3) is 8.10. The summed E-state index contributed by atoms with van der Waals surface area (Å²) < 4.78 is 15.7. The lowest BCUT2D eigenvalue weighted by Crippen LogP contribution is -2.52. The Morgan fingerprint density at radius 1 is 1.04 bits per heavy atom. The molecule has 0 unspecified atom stereocenters. The van der Waals surface area contributed by atoms with Crippen LogP contribution in [-0.2, 0) is 9.47 Å². The first-order valence-electron chi connectivity index (χ1n) is 9.27. The van der Waals surface area contributed by atoms with Crippen LogP contribution in [0.2, 0.25) is 0 Å². The molecule has 0 saturated carbocycles. The maximum absolute atomic E-state index is 5.49. The van der Waals surface area contributed by atoms with E-state index in [1.54, 1.807) is 14.2 Å². The van der Waals surface area contributed by atoms with Crippen LogP contribution in [0.1, 0.15) is 6.92 Å². The Balaban J connectivity index is 0.00000364. The second-order valence-electron chi connectivity index (χ2n) is 6.01. The van der Waals surface area contributed by atoms with Gasteiger partial charge in [0.2, 0.25) is 0 Å². The van der Waals surface area contributed by atoms with E-state index >= 15 is 0 Å². The summed E-state index contributed by atoms with van der Waals surface area (Å²) in [4.78, 5) is 9.40. The molecule has 0 amide bonds. The number of aliphatic imine (C=N–C) groups is 1. The highest BCUT2D eigenvalue weighted by Crippen LogP contribution is 2.20. The van der Waals surface area contributed by atoms with Crippen LogP contribution < -0.4 is 15.0 Å². The zero-order chi connectivity index (χ0) is 18.6. The number of hydrogen-bond donors (Lipinski definition) is 1. The van der Waals surface area contributed by atoms with E-state index in [2.05, 4.69) is 39.2 Å². The van der Waals surface area contributed by atoms with Crippen LogP contribution >= 0.6 is 24.0 Å². The molecule has 0 aromatic heterocycles. The van der Waals surface area contributed by atoms with Crippen molar-refractivity contribution in [1.82, 2.24) is 10.2 Å². The highest BCUT2D eigenvalue weighted by molar-refractivity contribution is 14.0. The fraction of sp³-hybridized carbons (Fsp3) is 0.632. The lowest BCUT2D eigenvalue weighted by molar-refractivity contribution is 0.0747. The minimum atomic E-state index is 0. The van der Waals surface area contributed by atoms with Crippen molar-refractivity contribution in [3.8, 4) is 5.75 Å². The summed E-state index contributed by atoms with van der Waals surface area (Å²) in [6.45, 7) is 9.31. The molecular weight excluding hydrogens is 459 g/mol. The van der Waals surface area contributed by atoms with Gasteiger partial charge in [0.05, 0.1) is 33.5 Å². The van der Waals surface area contributed by atoms with E-state index in [0.29, 0.717) is 26.4 Å². The second-order valence-corrected chi connectivity index (χ2v) is 6.01. The maximum Gasteiger partial charge on any atom is 0.194 e. The summed E-state index contributed by atoms with van der Waals surface area (Å²) in [6, 6.07) is 8.25. The van der Waals surface area contributed by atoms with Gasteiger partial charge in [0.25, 0.3) is 0 Å². The summed E-state index contributed by atoms with van der Waals surface area (Å²) >= 11 is 0. The number of anilines is 1. The monoisotopic (exact) mass is 492 g/mol. The molecule has 8 heteroatoms. The Morgan fingerprint density at radius 2 is 1.74 bits per heavy atom. The predicted molar refractivity (Wildman–Crippen MR) is 121 cm³/mol. The molecule has 27 heavy (non-hydrogen) atoms. The van der Waals surface area contributed by atoms with Gasteiger partial charge in [-0.25, -0.2) is 0 Å². The average molecular weight is 492 g/mol.